The molecule has 2 N–H and O–H groups in total. The minimum absolute atomic E-state index is 0.0199. The molecule has 1 heterocycles. The van der Waals surface area contributed by atoms with Crippen molar-refractivity contribution in [2.24, 2.45) is 0 Å². The second-order valence-corrected chi connectivity index (χ2v) is 5.70. The number of aryl methyl sites for hydroxylation is 1. The van der Waals surface area contributed by atoms with Crippen molar-refractivity contribution in [2.45, 2.75) is 6.54 Å². The van der Waals surface area contributed by atoms with Crippen LogP contribution in [0.5, 0.6) is 0 Å². The highest BCUT2D eigenvalue weighted by Crippen LogP contribution is 2.07. The standard InChI is InChI=1S/C7H10ClN3O3S/c1-15(13,14)3-2-11-4-10-6(8)5(9)7(11)12/h4H,2-3,9H2,1H3. The SMILES string of the molecule is CS(=O)(=O)CCn1cnc(Cl)c(N)c1=O. The lowest BCUT2D eigenvalue weighted by Crippen LogP contribution is -2.26. The van der Waals surface area contributed by atoms with Crippen LogP contribution in [-0.4, -0.2) is 30.0 Å². The molecule has 15 heavy (non-hydrogen) atoms. The number of hydrogen-bond acceptors (Lipinski definition) is 5. The molecule has 0 saturated heterocycles. The van der Waals surface area contributed by atoms with Gasteiger partial charge >= 0.3 is 0 Å². The normalized spacial score (nSPS) is 11.6. The van der Waals surface area contributed by atoms with Gasteiger partial charge in [0.2, 0.25) is 0 Å². The van der Waals surface area contributed by atoms with Gasteiger partial charge in [0, 0.05) is 12.8 Å². The molecule has 8 heteroatoms. The number of nitrogens with two attached hydrogens (primary N) is 1. The van der Waals surface area contributed by atoms with Gasteiger partial charge in [0.25, 0.3) is 5.56 Å². The smallest absolute Gasteiger partial charge is 0.278 e. The summed E-state index contributed by atoms with van der Waals surface area (Å²) in [4.78, 5) is 15.1. The Labute approximate surface area is 91.6 Å². The number of nitrogen functional groups attached to an aromatic ring is 1. The Morgan fingerprint density at radius 1 is 1.60 bits per heavy atom. The third-order valence-electron chi connectivity index (χ3n) is 1.73. The van der Waals surface area contributed by atoms with Gasteiger partial charge in [0.1, 0.15) is 15.5 Å². The van der Waals surface area contributed by atoms with Gasteiger partial charge in [0.15, 0.2) is 5.15 Å². The van der Waals surface area contributed by atoms with Crippen molar-refractivity contribution in [2.75, 3.05) is 17.7 Å². The molecule has 0 spiro atoms. The number of nitrogens with zero attached hydrogens (tertiary/aromatic N) is 2. The zero-order valence-corrected chi connectivity index (χ0v) is 9.55. The lowest BCUT2D eigenvalue weighted by Gasteiger charge is -2.05. The average molecular weight is 252 g/mol. The first kappa shape index (κ1) is 12.0. The molecule has 0 fully saturated rings. The van der Waals surface area contributed by atoms with E-state index in [2.05, 4.69) is 4.98 Å². The van der Waals surface area contributed by atoms with E-state index in [0.717, 1.165) is 10.8 Å². The monoisotopic (exact) mass is 251 g/mol. The first-order valence-electron chi connectivity index (χ1n) is 3.99. The van der Waals surface area contributed by atoms with Crippen LogP contribution in [0, 0.1) is 0 Å². The third-order valence-corrected chi connectivity index (χ3v) is 2.95. The molecule has 1 aromatic rings. The van der Waals surface area contributed by atoms with E-state index in [0.29, 0.717) is 0 Å². The zero-order valence-electron chi connectivity index (χ0n) is 7.97. The highest BCUT2D eigenvalue weighted by atomic mass is 35.5. The molecular formula is C7H10ClN3O3S. The molecule has 0 aromatic carbocycles. The predicted octanol–water partition coefficient (Wildman–Crippen LogP) is -0.477. The van der Waals surface area contributed by atoms with Crippen molar-refractivity contribution in [1.29, 1.82) is 0 Å². The van der Waals surface area contributed by atoms with Crippen LogP contribution < -0.4 is 11.3 Å². The maximum absolute atomic E-state index is 11.4. The fourth-order valence-corrected chi connectivity index (χ4v) is 1.56. The molecule has 0 amide bonds. The lowest BCUT2D eigenvalue weighted by atomic mass is 10.5. The number of hydrogen-bond donors (Lipinski definition) is 1. The van der Waals surface area contributed by atoms with Crippen LogP contribution in [0.4, 0.5) is 5.69 Å². The van der Waals surface area contributed by atoms with Crippen LogP contribution in [0.3, 0.4) is 0 Å². The summed E-state index contributed by atoms with van der Waals surface area (Å²) in [5, 5.41) is -0.0735. The lowest BCUT2D eigenvalue weighted by molar-refractivity contribution is 0.592. The quantitative estimate of drug-likeness (QED) is 0.733. The van der Waals surface area contributed by atoms with Crippen molar-refractivity contribution < 1.29 is 8.42 Å². The molecule has 0 saturated carbocycles. The van der Waals surface area contributed by atoms with E-state index in [9.17, 15) is 13.2 Å². The van der Waals surface area contributed by atoms with Gasteiger partial charge < -0.3 is 5.73 Å². The van der Waals surface area contributed by atoms with Crippen LogP contribution >= 0.6 is 11.6 Å². The van der Waals surface area contributed by atoms with E-state index in [1.165, 1.54) is 6.33 Å². The maximum Gasteiger partial charge on any atom is 0.278 e. The third kappa shape index (κ3) is 3.21. The summed E-state index contributed by atoms with van der Waals surface area (Å²) >= 11 is 5.51. The molecule has 0 aliphatic carbocycles. The molecule has 1 aromatic heterocycles. The minimum atomic E-state index is -3.12. The zero-order chi connectivity index (χ0) is 11.6. The molecule has 1 rings (SSSR count). The van der Waals surface area contributed by atoms with Gasteiger partial charge in [-0.2, -0.15) is 0 Å². The van der Waals surface area contributed by atoms with Crippen molar-refractivity contribution in [3.8, 4) is 0 Å². The van der Waals surface area contributed by atoms with Crippen LogP contribution in [0.2, 0.25) is 5.15 Å². The maximum atomic E-state index is 11.4. The van der Waals surface area contributed by atoms with Crippen molar-refractivity contribution in [1.82, 2.24) is 9.55 Å². The Morgan fingerprint density at radius 3 is 2.73 bits per heavy atom. The van der Waals surface area contributed by atoms with Gasteiger partial charge in [-0.3, -0.25) is 9.36 Å². The molecule has 0 aliphatic rings. The molecule has 0 bridgehead atoms. The van der Waals surface area contributed by atoms with Crippen molar-refractivity contribution in [3.05, 3.63) is 21.8 Å². The summed E-state index contributed by atoms with van der Waals surface area (Å²) in [6.07, 6.45) is 2.26. The molecule has 0 atom stereocenters. The largest absolute Gasteiger partial charge is 0.392 e. The molecule has 0 unspecified atom stereocenters. The Morgan fingerprint density at radius 2 is 2.20 bits per heavy atom. The highest BCUT2D eigenvalue weighted by molar-refractivity contribution is 7.90. The summed E-state index contributed by atoms with van der Waals surface area (Å²) in [7, 11) is -3.12. The average Bonchev–Trinajstić information content (AvgIpc) is 2.12. The summed E-state index contributed by atoms with van der Waals surface area (Å²) < 4.78 is 22.9. The summed E-state index contributed by atoms with van der Waals surface area (Å²) in [6.45, 7) is 0.0199. The number of halogens is 1. The Bertz CT molecular complexity index is 523. The fraction of sp³-hybridized carbons (Fsp3) is 0.429. The van der Waals surface area contributed by atoms with Crippen LogP contribution in [0.1, 0.15) is 0 Å². The second-order valence-electron chi connectivity index (χ2n) is 3.08. The minimum Gasteiger partial charge on any atom is -0.392 e. The van der Waals surface area contributed by atoms with E-state index in [1.54, 1.807) is 0 Å². The Kier molecular flexibility index (Phi) is 3.35. The van der Waals surface area contributed by atoms with Gasteiger partial charge in [-0.25, -0.2) is 13.4 Å². The number of rotatable bonds is 3. The van der Waals surface area contributed by atoms with Gasteiger partial charge in [-0.1, -0.05) is 11.6 Å². The van der Waals surface area contributed by atoms with E-state index in [-0.39, 0.29) is 23.1 Å². The number of anilines is 1. The van der Waals surface area contributed by atoms with E-state index >= 15 is 0 Å². The Balaban J connectivity index is 2.98. The summed E-state index contributed by atoms with van der Waals surface area (Å²) in [5.41, 5.74) is 4.64. The van der Waals surface area contributed by atoms with Gasteiger partial charge in [0.05, 0.1) is 12.1 Å². The van der Waals surface area contributed by atoms with Crippen molar-refractivity contribution in [3.63, 3.8) is 0 Å². The molecule has 0 radical (unpaired) electrons. The number of sulfone groups is 1. The molecule has 6 nitrogen and oxygen atoms in total. The summed E-state index contributed by atoms with van der Waals surface area (Å²) in [5.74, 6) is -0.143. The van der Waals surface area contributed by atoms with E-state index < -0.39 is 15.4 Å². The fourth-order valence-electron chi connectivity index (χ4n) is 0.909. The van der Waals surface area contributed by atoms with E-state index in [4.69, 9.17) is 17.3 Å². The number of aromatic nitrogens is 2. The Hall–Kier alpha value is -1.08. The van der Waals surface area contributed by atoms with Crippen LogP contribution in [-0.2, 0) is 16.4 Å². The van der Waals surface area contributed by atoms with Gasteiger partial charge in [-0.05, 0) is 0 Å². The highest BCUT2D eigenvalue weighted by Gasteiger charge is 2.08. The first-order valence-corrected chi connectivity index (χ1v) is 6.43. The summed E-state index contributed by atoms with van der Waals surface area (Å²) in [6, 6.07) is 0. The molecule has 0 aliphatic heterocycles. The first-order chi connectivity index (χ1) is 6.81. The molecule has 84 valence electrons. The van der Waals surface area contributed by atoms with Crippen LogP contribution in [0.15, 0.2) is 11.1 Å². The van der Waals surface area contributed by atoms with Crippen LogP contribution in [0.25, 0.3) is 0 Å². The predicted molar refractivity (Wildman–Crippen MR) is 57.6 cm³/mol. The van der Waals surface area contributed by atoms with E-state index in [1.807, 2.05) is 0 Å². The second kappa shape index (κ2) is 4.19. The van der Waals surface area contributed by atoms with Crippen molar-refractivity contribution >= 4 is 27.1 Å². The topological polar surface area (TPSA) is 95.1 Å². The molecular weight excluding hydrogens is 242 g/mol. The van der Waals surface area contributed by atoms with Gasteiger partial charge in [-0.15, -0.1) is 0 Å².